The molecule has 0 bridgehead atoms. The maximum atomic E-state index is 5.92. The molecule has 0 saturated carbocycles. The van der Waals surface area contributed by atoms with Crippen molar-refractivity contribution in [2.24, 2.45) is 0 Å². The molecule has 0 saturated heterocycles. The van der Waals surface area contributed by atoms with Crippen LogP contribution in [0, 0.1) is 0 Å². The van der Waals surface area contributed by atoms with Crippen LogP contribution in [-0.4, -0.2) is 10.2 Å². The van der Waals surface area contributed by atoms with Crippen LogP contribution in [0.5, 0.6) is 11.6 Å². The average Bonchev–Trinajstić information content (AvgIpc) is 2.27. The van der Waals surface area contributed by atoms with Gasteiger partial charge in [-0.05, 0) is 18.2 Å². The van der Waals surface area contributed by atoms with Crippen LogP contribution < -0.4 is 10.5 Å². The Bertz CT molecular complexity index is 502. The predicted molar refractivity (Wildman–Crippen MR) is 63.0 cm³/mol. The lowest BCUT2D eigenvalue weighted by Crippen LogP contribution is -1.95. The number of aromatic nitrogens is 2. The molecule has 82 valence electrons. The zero-order valence-electron chi connectivity index (χ0n) is 8.02. The summed E-state index contributed by atoms with van der Waals surface area (Å²) in [5, 5.41) is 8.38. The van der Waals surface area contributed by atoms with E-state index in [0.29, 0.717) is 27.5 Å². The smallest absolute Gasteiger partial charge is 0.239 e. The third-order valence-corrected chi connectivity index (χ3v) is 2.32. The second-order valence-corrected chi connectivity index (χ2v) is 3.82. The van der Waals surface area contributed by atoms with Crippen molar-refractivity contribution >= 4 is 29.0 Å². The van der Waals surface area contributed by atoms with Crippen LogP contribution in [0.3, 0.4) is 0 Å². The van der Waals surface area contributed by atoms with Crippen molar-refractivity contribution in [2.75, 3.05) is 5.73 Å². The molecule has 2 N–H and O–H groups in total. The molecule has 0 aliphatic carbocycles. The van der Waals surface area contributed by atoms with E-state index in [1.165, 1.54) is 0 Å². The van der Waals surface area contributed by atoms with Gasteiger partial charge in [0.15, 0.2) is 0 Å². The van der Waals surface area contributed by atoms with Gasteiger partial charge in [0.1, 0.15) is 11.6 Å². The van der Waals surface area contributed by atoms with Gasteiger partial charge in [0.2, 0.25) is 5.88 Å². The lowest BCUT2D eigenvalue weighted by atomic mass is 10.3. The highest BCUT2D eigenvalue weighted by molar-refractivity contribution is 6.34. The normalized spacial score (nSPS) is 10.1. The number of halogens is 2. The molecule has 0 aliphatic rings. The Balaban J connectivity index is 2.26. The van der Waals surface area contributed by atoms with E-state index in [-0.39, 0.29) is 0 Å². The Hall–Kier alpha value is -1.52. The Morgan fingerprint density at radius 1 is 1.06 bits per heavy atom. The zero-order chi connectivity index (χ0) is 11.5. The number of nitrogens with zero attached hydrogens (tertiary/aromatic N) is 2. The van der Waals surface area contributed by atoms with Gasteiger partial charge in [0.25, 0.3) is 0 Å². The summed E-state index contributed by atoms with van der Waals surface area (Å²) in [6.45, 7) is 0. The topological polar surface area (TPSA) is 61.0 Å². The summed E-state index contributed by atoms with van der Waals surface area (Å²) in [6, 6.07) is 8.09. The molecule has 2 rings (SSSR count). The highest BCUT2D eigenvalue weighted by atomic mass is 35.5. The van der Waals surface area contributed by atoms with E-state index >= 15 is 0 Å². The van der Waals surface area contributed by atoms with Crippen LogP contribution in [0.2, 0.25) is 10.0 Å². The SMILES string of the molecule is Nc1ccc(Oc2cc(Cl)ccc2Cl)nn1. The van der Waals surface area contributed by atoms with Crippen LogP contribution >= 0.6 is 23.2 Å². The van der Waals surface area contributed by atoms with Gasteiger partial charge in [-0.25, -0.2) is 0 Å². The maximum Gasteiger partial charge on any atom is 0.239 e. The molecule has 6 heteroatoms. The molecule has 4 nitrogen and oxygen atoms in total. The molecular weight excluding hydrogens is 249 g/mol. The van der Waals surface area contributed by atoms with Crippen LogP contribution in [-0.2, 0) is 0 Å². The monoisotopic (exact) mass is 255 g/mol. The number of nitrogen functional groups attached to an aromatic ring is 1. The van der Waals surface area contributed by atoms with Crippen molar-refractivity contribution in [1.82, 2.24) is 10.2 Å². The number of benzene rings is 1. The van der Waals surface area contributed by atoms with Crippen molar-refractivity contribution in [3.8, 4) is 11.6 Å². The Morgan fingerprint density at radius 3 is 2.56 bits per heavy atom. The van der Waals surface area contributed by atoms with Gasteiger partial charge in [-0.1, -0.05) is 23.2 Å². The van der Waals surface area contributed by atoms with Crippen LogP contribution in [0.15, 0.2) is 30.3 Å². The summed E-state index contributed by atoms with van der Waals surface area (Å²) in [6.07, 6.45) is 0. The molecule has 16 heavy (non-hydrogen) atoms. The van der Waals surface area contributed by atoms with E-state index in [1.807, 2.05) is 0 Å². The molecule has 0 radical (unpaired) electrons. The summed E-state index contributed by atoms with van der Waals surface area (Å²) >= 11 is 11.7. The fraction of sp³-hybridized carbons (Fsp3) is 0. The number of hydrogen-bond donors (Lipinski definition) is 1. The average molecular weight is 256 g/mol. The second-order valence-electron chi connectivity index (χ2n) is 2.97. The van der Waals surface area contributed by atoms with Gasteiger partial charge in [-0.2, -0.15) is 0 Å². The van der Waals surface area contributed by atoms with E-state index in [1.54, 1.807) is 30.3 Å². The fourth-order valence-electron chi connectivity index (χ4n) is 1.05. The van der Waals surface area contributed by atoms with Crippen molar-refractivity contribution in [1.29, 1.82) is 0 Å². The fourth-order valence-corrected chi connectivity index (χ4v) is 1.37. The molecule has 0 fully saturated rings. The number of nitrogens with two attached hydrogens (primary N) is 1. The molecule has 0 amide bonds. The molecule has 0 unspecified atom stereocenters. The molecular formula is C10H7Cl2N3O. The Labute approximate surface area is 102 Å². The minimum atomic E-state index is 0.304. The van der Waals surface area contributed by atoms with Crippen molar-refractivity contribution in [3.63, 3.8) is 0 Å². The standard InChI is InChI=1S/C10H7Cl2N3O/c11-6-1-2-7(12)8(5-6)16-10-4-3-9(13)14-15-10/h1-5H,(H2,13,14). The third kappa shape index (κ3) is 2.53. The first-order chi connectivity index (χ1) is 7.65. The summed E-state index contributed by atoms with van der Waals surface area (Å²) < 4.78 is 5.40. The summed E-state index contributed by atoms with van der Waals surface area (Å²) in [7, 11) is 0. The molecule has 1 aromatic carbocycles. The first-order valence-electron chi connectivity index (χ1n) is 4.37. The van der Waals surface area contributed by atoms with Crippen LogP contribution in [0.25, 0.3) is 0 Å². The van der Waals surface area contributed by atoms with Gasteiger partial charge in [0, 0.05) is 17.2 Å². The number of anilines is 1. The first-order valence-corrected chi connectivity index (χ1v) is 5.13. The lowest BCUT2D eigenvalue weighted by Gasteiger charge is -2.06. The Kier molecular flexibility index (Phi) is 3.12. The minimum absolute atomic E-state index is 0.304. The van der Waals surface area contributed by atoms with Crippen molar-refractivity contribution in [2.45, 2.75) is 0 Å². The molecule has 2 aromatic rings. The van der Waals surface area contributed by atoms with E-state index in [0.717, 1.165) is 0 Å². The van der Waals surface area contributed by atoms with E-state index in [2.05, 4.69) is 10.2 Å². The van der Waals surface area contributed by atoms with Crippen molar-refractivity contribution < 1.29 is 4.74 Å². The quantitative estimate of drug-likeness (QED) is 0.896. The van der Waals surface area contributed by atoms with Gasteiger partial charge in [0.05, 0.1) is 5.02 Å². The first kappa shape index (κ1) is 11.0. The minimum Gasteiger partial charge on any atom is -0.436 e. The van der Waals surface area contributed by atoms with Gasteiger partial charge in [-0.15, -0.1) is 10.2 Å². The summed E-state index contributed by atoms with van der Waals surface area (Å²) in [4.78, 5) is 0. The molecule has 0 atom stereocenters. The highest BCUT2D eigenvalue weighted by Gasteiger charge is 2.05. The lowest BCUT2D eigenvalue weighted by molar-refractivity contribution is 0.456. The maximum absolute atomic E-state index is 5.92. The van der Waals surface area contributed by atoms with Gasteiger partial charge in [-0.3, -0.25) is 0 Å². The molecule has 1 heterocycles. The summed E-state index contributed by atoms with van der Waals surface area (Å²) in [5.41, 5.74) is 5.40. The Morgan fingerprint density at radius 2 is 1.88 bits per heavy atom. The van der Waals surface area contributed by atoms with E-state index in [4.69, 9.17) is 33.7 Å². The van der Waals surface area contributed by atoms with Crippen LogP contribution in [0.4, 0.5) is 5.82 Å². The number of ether oxygens (including phenoxy) is 1. The molecule has 1 aromatic heterocycles. The summed E-state index contributed by atoms with van der Waals surface area (Å²) in [5.74, 6) is 1.05. The van der Waals surface area contributed by atoms with Crippen molar-refractivity contribution in [3.05, 3.63) is 40.4 Å². The van der Waals surface area contributed by atoms with Crippen LogP contribution in [0.1, 0.15) is 0 Å². The number of hydrogen-bond acceptors (Lipinski definition) is 4. The van der Waals surface area contributed by atoms with E-state index < -0.39 is 0 Å². The zero-order valence-corrected chi connectivity index (χ0v) is 9.53. The van der Waals surface area contributed by atoms with Gasteiger partial charge < -0.3 is 10.5 Å². The largest absolute Gasteiger partial charge is 0.436 e. The second kappa shape index (κ2) is 4.55. The third-order valence-electron chi connectivity index (χ3n) is 1.77. The highest BCUT2D eigenvalue weighted by Crippen LogP contribution is 2.30. The molecule has 0 aliphatic heterocycles. The predicted octanol–water partition coefficient (Wildman–Crippen LogP) is 3.16. The van der Waals surface area contributed by atoms with Gasteiger partial charge >= 0.3 is 0 Å². The molecule has 0 spiro atoms. The number of rotatable bonds is 2. The van der Waals surface area contributed by atoms with E-state index in [9.17, 15) is 0 Å².